The second-order valence-corrected chi connectivity index (χ2v) is 3.09. The number of hydrogen-bond acceptors (Lipinski definition) is 4. The molecule has 0 unspecified atom stereocenters. The van der Waals surface area contributed by atoms with Gasteiger partial charge in [-0.1, -0.05) is 0 Å². The highest BCUT2D eigenvalue weighted by atomic mass is 16.5. The van der Waals surface area contributed by atoms with Gasteiger partial charge in [-0.05, 0) is 26.7 Å². The van der Waals surface area contributed by atoms with Crippen molar-refractivity contribution in [2.24, 2.45) is 0 Å². The lowest BCUT2D eigenvalue weighted by atomic mass is 10.5. The van der Waals surface area contributed by atoms with Crippen LogP contribution in [0.5, 0.6) is 0 Å². The Morgan fingerprint density at radius 2 is 1.00 bits per heavy atom. The average molecular weight is 236 g/mol. The number of rotatable bonds is 10. The normalized spacial score (nSPS) is 9.75. The largest absolute Gasteiger partial charge is 0.385 e. The number of ether oxygens (including phenoxy) is 4. The fourth-order valence-corrected chi connectivity index (χ4v) is 0.899. The van der Waals surface area contributed by atoms with Crippen molar-refractivity contribution >= 4 is 0 Å². The highest BCUT2D eigenvalue weighted by Gasteiger charge is 1.84. The minimum atomic E-state index is 0.799. The van der Waals surface area contributed by atoms with Gasteiger partial charge in [-0.2, -0.15) is 0 Å². The summed E-state index contributed by atoms with van der Waals surface area (Å²) in [5.41, 5.74) is 0. The minimum absolute atomic E-state index is 0.799. The van der Waals surface area contributed by atoms with Gasteiger partial charge in [0.15, 0.2) is 0 Å². The van der Waals surface area contributed by atoms with Crippen molar-refractivity contribution in [1.82, 2.24) is 0 Å². The molecule has 0 rings (SSSR count). The molecule has 100 valence electrons. The first-order chi connectivity index (χ1) is 7.83. The van der Waals surface area contributed by atoms with Gasteiger partial charge in [0.1, 0.15) is 0 Å². The molecule has 0 bridgehead atoms. The van der Waals surface area contributed by atoms with Crippen LogP contribution in [0.15, 0.2) is 0 Å². The summed E-state index contributed by atoms with van der Waals surface area (Å²) in [4.78, 5) is 0. The molecule has 4 nitrogen and oxygen atoms in total. The predicted octanol–water partition coefficient (Wildman–Crippen LogP) is 2.12. The van der Waals surface area contributed by atoms with E-state index >= 15 is 0 Å². The topological polar surface area (TPSA) is 36.9 Å². The summed E-state index contributed by atoms with van der Waals surface area (Å²) >= 11 is 0. The summed E-state index contributed by atoms with van der Waals surface area (Å²) in [6.45, 7) is 8.88. The zero-order valence-corrected chi connectivity index (χ0v) is 11.3. The van der Waals surface area contributed by atoms with E-state index in [1.54, 1.807) is 14.2 Å². The molecule has 0 aliphatic carbocycles. The summed E-state index contributed by atoms with van der Waals surface area (Å²) in [6, 6.07) is 0. The molecule has 0 atom stereocenters. The molecule has 0 saturated carbocycles. The van der Waals surface area contributed by atoms with Crippen molar-refractivity contribution in [1.29, 1.82) is 0 Å². The van der Waals surface area contributed by atoms with Crippen LogP contribution in [-0.2, 0) is 18.9 Å². The fraction of sp³-hybridized carbons (Fsp3) is 1.00. The van der Waals surface area contributed by atoms with E-state index in [4.69, 9.17) is 18.9 Å². The molecule has 0 aliphatic heterocycles. The molecule has 0 fully saturated rings. The molecule has 0 aromatic carbocycles. The molecule has 0 aromatic heterocycles. The predicted molar refractivity (Wildman–Crippen MR) is 66.0 cm³/mol. The van der Waals surface area contributed by atoms with Gasteiger partial charge in [0.05, 0.1) is 0 Å². The highest BCUT2D eigenvalue weighted by molar-refractivity contribution is 4.31. The first-order valence-corrected chi connectivity index (χ1v) is 5.96. The monoisotopic (exact) mass is 236 g/mol. The molecule has 0 radical (unpaired) electrons. The van der Waals surface area contributed by atoms with E-state index in [0.29, 0.717) is 0 Å². The molecule has 16 heavy (non-hydrogen) atoms. The zero-order chi connectivity index (χ0) is 12.5. The Morgan fingerprint density at radius 3 is 1.31 bits per heavy atom. The van der Waals surface area contributed by atoms with Gasteiger partial charge in [0.25, 0.3) is 0 Å². The molecule has 0 heterocycles. The zero-order valence-electron chi connectivity index (χ0n) is 11.3. The van der Waals surface area contributed by atoms with E-state index in [-0.39, 0.29) is 0 Å². The highest BCUT2D eigenvalue weighted by Crippen LogP contribution is 1.83. The lowest BCUT2D eigenvalue weighted by molar-refractivity contribution is 0.0939. The lowest BCUT2D eigenvalue weighted by Gasteiger charge is -2.00. The van der Waals surface area contributed by atoms with Gasteiger partial charge in [0, 0.05) is 53.9 Å². The van der Waals surface area contributed by atoms with E-state index in [9.17, 15) is 0 Å². The van der Waals surface area contributed by atoms with Gasteiger partial charge in [-0.3, -0.25) is 0 Å². The van der Waals surface area contributed by atoms with Crippen LogP contribution in [0.3, 0.4) is 0 Å². The standard InChI is InChI=1S/C7H16O2.C5H12O2/c1-3-8-6-5-7-9-4-2;1-6-4-3-5-7-2/h3-7H2,1-2H3;3-5H2,1-2H3. The van der Waals surface area contributed by atoms with Gasteiger partial charge >= 0.3 is 0 Å². The van der Waals surface area contributed by atoms with E-state index in [1.165, 1.54) is 0 Å². The maximum absolute atomic E-state index is 5.10. The third-order valence-corrected chi connectivity index (χ3v) is 1.68. The summed E-state index contributed by atoms with van der Waals surface area (Å²) in [6.07, 6.45) is 2.01. The van der Waals surface area contributed by atoms with Gasteiger partial charge in [0.2, 0.25) is 0 Å². The van der Waals surface area contributed by atoms with Crippen molar-refractivity contribution in [2.45, 2.75) is 26.7 Å². The molecular formula is C12H28O4. The minimum Gasteiger partial charge on any atom is -0.385 e. The maximum Gasteiger partial charge on any atom is 0.0487 e. The van der Waals surface area contributed by atoms with E-state index in [0.717, 1.165) is 52.5 Å². The first-order valence-electron chi connectivity index (χ1n) is 5.96. The van der Waals surface area contributed by atoms with Crippen LogP contribution in [0, 0.1) is 0 Å². The van der Waals surface area contributed by atoms with Crippen LogP contribution >= 0.6 is 0 Å². The Bertz CT molecular complexity index is 89.0. The van der Waals surface area contributed by atoms with Gasteiger partial charge in [-0.25, -0.2) is 0 Å². The molecule has 4 heteroatoms. The molecule has 0 N–H and O–H groups in total. The lowest BCUT2D eigenvalue weighted by Crippen LogP contribution is -1.99. The smallest absolute Gasteiger partial charge is 0.0487 e. The Morgan fingerprint density at radius 1 is 0.625 bits per heavy atom. The van der Waals surface area contributed by atoms with Gasteiger partial charge < -0.3 is 18.9 Å². The number of methoxy groups -OCH3 is 2. The first kappa shape index (κ1) is 18.2. The van der Waals surface area contributed by atoms with Crippen LogP contribution in [0.25, 0.3) is 0 Å². The van der Waals surface area contributed by atoms with E-state index in [2.05, 4.69) is 0 Å². The van der Waals surface area contributed by atoms with Crippen LogP contribution in [0.4, 0.5) is 0 Å². The van der Waals surface area contributed by atoms with Crippen molar-refractivity contribution < 1.29 is 18.9 Å². The van der Waals surface area contributed by atoms with Crippen molar-refractivity contribution in [2.75, 3.05) is 53.9 Å². The van der Waals surface area contributed by atoms with Crippen molar-refractivity contribution in [3.05, 3.63) is 0 Å². The summed E-state index contributed by atoms with van der Waals surface area (Å²) in [7, 11) is 3.38. The van der Waals surface area contributed by atoms with Crippen molar-refractivity contribution in [3.63, 3.8) is 0 Å². The summed E-state index contributed by atoms with van der Waals surface area (Å²) in [5.74, 6) is 0. The van der Waals surface area contributed by atoms with Crippen molar-refractivity contribution in [3.8, 4) is 0 Å². The summed E-state index contributed by atoms with van der Waals surface area (Å²) < 4.78 is 19.7. The molecule has 0 aromatic rings. The Labute approximate surface area is 100 Å². The van der Waals surface area contributed by atoms with Gasteiger partial charge in [-0.15, -0.1) is 0 Å². The molecule has 0 saturated heterocycles. The Balaban J connectivity index is 0. The van der Waals surface area contributed by atoms with Crippen LogP contribution < -0.4 is 0 Å². The number of hydrogen-bond donors (Lipinski definition) is 0. The Kier molecular flexibility index (Phi) is 23.1. The average Bonchev–Trinajstić information content (AvgIpc) is 2.31. The molecule has 0 aliphatic rings. The van der Waals surface area contributed by atoms with Crippen LogP contribution in [-0.4, -0.2) is 53.9 Å². The van der Waals surface area contributed by atoms with Crippen LogP contribution in [0.1, 0.15) is 26.7 Å². The second-order valence-electron chi connectivity index (χ2n) is 3.09. The summed E-state index contributed by atoms with van der Waals surface area (Å²) in [5, 5.41) is 0. The second kappa shape index (κ2) is 20.3. The molecule has 0 amide bonds. The third kappa shape index (κ3) is 23.6. The SMILES string of the molecule is CCOCCCOCC.COCCCOC. The fourth-order valence-electron chi connectivity index (χ4n) is 0.899. The molecule has 0 spiro atoms. The Hall–Kier alpha value is -0.160. The molecular weight excluding hydrogens is 208 g/mol. The third-order valence-electron chi connectivity index (χ3n) is 1.68. The maximum atomic E-state index is 5.10. The van der Waals surface area contributed by atoms with E-state index in [1.807, 2.05) is 13.8 Å². The van der Waals surface area contributed by atoms with Crippen LogP contribution in [0.2, 0.25) is 0 Å². The quantitative estimate of drug-likeness (QED) is 0.544. The van der Waals surface area contributed by atoms with E-state index < -0.39 is 0 Å².